The van der Waals surface area contributed by atoms with Gasteiger partial charge in [-0.25, -0.2) is 0 Å². The summed E-state index contributed by atoms with van der Waals surface area (Å²) >= 11 is 0. The van der Waals surface area contributed by atoms with E-state index >= 15 is 0 Å². The van der Waals surface area contributed by atoms with Gasteiger partial charge in [-0.15, -0.1) is 0 Å². The number of benzene rings is 3. The summed E-state index contributed by atoms with van der Waals surface area (Å²) in [5, 5.41) is 5.21. The van der Waals surface area contributed by atoms with Crippen LogP contribution >= 0.6 is 0 Å². The van der Waals surface area contributed by atoms with E-state index in [4.69, 9.17) is 0 Å². The molecule has 0 radical (unpaired) electrons. The molecule has 1 N–H and O–H groups in total. The molecule has 1 atom stereocenters. The quantitative estimate of drug-likeness (QED) is 0.290. The van der Waals surface area contributed by atoms with Gasteiger partial charge in [0.25, 0.3) is 11.1 Å². The van der Waals surface area contributed by atoms with Crippen molar-refractivity contribution in [3.8, 4) is 0 Å². The number of fused-ring (bicyclic) bond motifs is 2. The van der Waals surface area contributed by atoms with Crippen LogP contribution in [0, 0.1) is 5.92 Å². The predicted octanol–water partition coefficient (Wildman–Crippen LogP) is 5.80. The van der Waals surface area contributed by atoms with Crippen LogP contribution in [0.15, 0.2) is 58.1 Å². The lowest BCUT2D eigenvalue weighted by molar-refractivity contribution is 0.382. The molecular weight excluding hydrogens is 372 g/mol. The van der Waals surface area contributed by atoms with Crippen LogP contribution in [0.3, 0.4) is 0 Å². The topological polar surface area (TPSA) is 54.9 Å². The molecular formula is C26H26N2O2. The molecule has 2 aromatic heterocycles. The van der Waals surface area contributed by atoms with E-state index in [0.29, 0.717) is 23.2 Å². The second-order valence-corrected chi connectivity index (χ2v) is 8.38. The number of nitrogens with zero attached hydrogens (tertiary/aromatic N) is 1. The van der Waals surface area contributed by atoms with Crippen molar-refractivity contribution in [2.24, 2.45) is 5.92 Å². The van der Waals surface area contributed by atoms with Crippen molar-refractivity contribution in [2.45, 2.75) is 46.1 Å². The Labute approximate surface area is 174 Å². The number of nitrogens with one attached hydrogen (secondary N) is 1. The Morgan fingerprint density at radius 2 is 1.50 bits per heavy atom. The molecule has 30 heavy (non-hydrogen) atoms. The molecule has 0 saturated carbocycles. The monoisotopic (exact) mass is 398 g/mol. The lowest BCUT2D eigenvalue weighted by atomic mass is 9.95. The molecule has 0 spiro atoms. The summed E-state index contributed by atoms with van der Waals surface area (Å²) in [5.74, 6) is 0.348. The van der Waals surface area contributed by atoms with E-state index in [-0.39, 0.29) is 11.1 Å². The van der Waals surface area contributed by atoms with E-state index in [1.54, 1.807) is 0 Å². The van der Waals surface area contributed by atoms with E-state index in [2.05, 4.69) is 31.0 Å². The summed E-state index contributed by atoms with van der Waals surface area (Å²) in [6.07, 6.45) is 4.27. The first kappa shape index (κ1) is 18.9. The molecule has 152 valence electrons. The summed E-state index contributed by atoms with van der Waals surface area (Å²) < 4.78 is 1.48. The highest BCUT2D eigenvalue weighted by atomic mass is 16.2. The van der Waals surface area contributed by atoms with E-state index in [0.717, 1.165) is 58.3 Å². The highest BCUT2D eigenvalue weighted by Gasteiger charge is 2.19. The van der Waals surface area contributed by atoms with Crippen LogP contribution in [0.1, 0.15) is 39.5 Å². The average Bonchev–Trinajstić information content (AvgIpc) is 2.78. The van der Waals surface area contributed by atoms with Gasteiger partial charge in [-0.3, -0.25) is 14.2 Å². The number of aromatic amines is 1. The van der Waals surface area contributed by atoms with Crippen molar-refractivity contribution in [3.05, 3.63) is 69.2 Å². The highest BCUT2D eigenvalue weighted by Crippen LogP contribution is 2.35. The third kappa shape index (κ3) is 2.74. The zero-order valence-corrected chi connectivity index (χ0v) is 17.5. The van der Waals surface area contributed by atoms with Gasteiger partial charge in [-0.05, 0) is 42.0 Å². The number of para-hydroxylation sites is 1. The van der Waals surface area contributed by atoms with Gasteiger partial charge in [0.2, 0.25) is 0 Å². The Balaban J connectivity index is 1.82. The Bertz CT molecular complexity index is 1460. The first-order valence-corrected chi connectivity index (χ1v) is 11.0. The van der Waals surface area contributed by atoms with Crippen molar-refractivity contribution in [3.63, 3.8) is 0 Å². The van der Waals surface area contributed by atoms with Crippen LogP contribution in [-0.2, 0) is 6.54 Å². The predicted molar refractivity (Wildman–Crippen MR) is 126 cm³/mol. The SMILES string of the molecule is CCCCC(CC)Cn1c(=O)c2ccc3[nH]c4ccccc4c4ccc(c1=O)c2c34. The van der Waals surface area contributed by atoms with Gasteiger partial charge in [0.15, 0.2) is 0 Å². The zero-order chi connectivity index (χ0) is 20.8. The molecule has 0 aliphatic rings. The van der Waals surface area contributed by atoms with Gasteiger partial charge < -0.3 is 4.98 Å². The smallest absolute Gasteiger partial charge is 0.261 e. The van der Waals surface area contributed by atoms with E-state index in [1.165, 1.54) is 4.57 Å². The molecule has 0 amide bonds. The number of rotatable bonds is 6. The van der Waals surface area contributed by atoms with Gasteiger partial charge >= 0.3 is 0 Å². The fourth-order valence-corrected chi connectivity index (χ4v) is 4.88. The molecule has 4 nitrogen and oxygen atoms in total. The van der Waals surface area contributed by atoms with Crippen LogP contribution in [0.25, 0.3) is 43.4 Å². The number of pyridine rings is 2. The first-order valence-electron chi connectivity index (χ1n) is 11.0. The van der Waals surface area contributed by atoms with Crippen LogP contribution in [-0.4, -0.2) is 9.55 Å². The van der Waals surface area contributed by atoms with Gasteiger partial charge in [0.1, 0.15) is 0 Å². The lowest BCUT2D eigenvalue weighted by Crippen LogP contribution is -2.35. The molecule has 0 bridgehead atoms. The van der Waals surface area contributed by atoms with Crippen molar-refractivity contribution in [1.29, 1.82) is 0 Å². The average molecular weight is 399 g/mol. The van der Waals surface area contributed by atoms with Crippen LogP contribution < -0.4 is 11.1 Å². The number of hydrogen-bond acceptors (Lipinski definition) is 2. The normalized spacial score (nSPS) is 13.1. The minimum Gasteiger partial charge on any atom is -0.354 e. The van der Waals surface area contributed by atoms with Gasteiger partial charge in [0, 0.05) is 44.5 Å². The number of H-pyrrole nitrogens is 1. The number of unbranched alkanes of at least 4 members (excludes halogenated alkanes) is 1. The molecule has 1 unspecified atom stereocenters. The van der Waals surface area contributed by atoms with Crippen molar-refractivity contribution >= 4 is 43.4 Å². The zero-order valence-electron chi connectivity index (χ0n) is 17.5. The molecule has 5 aromatic rings. The Hall–Kier alpha value is -3.14. The molecule has 0 fully saturated rings. The standard InChI is InChI=1S/C26H26N2O2/c1-3-5-8-16(4-2)15-28-25(29)19-12-11-18-17-9-6-7-10-21(17)27-22-14-13-20(26(28)30)23(19)24(18)22/h6-7,9-14,16,27H,3-5,8,15H2,1-2H3. The molecule has 2 heterocycles. The van der Waals surface area contributed by atoms with Crippen molar-refractivity contribution < 1.29 is 0 Å². The Morgan fingerprint density at radius 1 is 0.800 bits per heavy atom. The van der Waals surface area contributed by atoms with Crippen LogP contribution in [0.2, 0.25) is 0 Å². The molecule has 0 aliphatic carbocycles. The molecule has 5 rings (SSSR count). The van der Waals surface area contributed by atoms with Crippen molar-refractivity contribution in [1.82, 2.24) is 9.55 Å². The second kappa shape index (κ2) is 7.28. The highest BCUT2D eigenvalue weighted by molar-refractivity contribution is 6.26. The third-order valence-corrected chi connectivity index (χ3v) is 6.58. The fraction of sp³-hybridized carbons (Fsp3) is 0.308. The van der Waals surface area contributed by atoms with E-state index in [9.17, 15) is 9.59 Å². The molecule has 0 aliphatic heterocycles. The van der Waals surface area contributed by atoms with Crippen LogP contribution in [0.4, 0.5) is 0 Å². The van der Waals surface area contributed by atoms with E-state index < -0.39 is 0 Å². The summed E-state index contributed by atoms with van der Waals surface area (Å²) in [4.78, 5) is 30.3. The van der Waals surface area contributed by atoms with Crippen molar-refractivity contribution in [2.75, 3.05) is 0 Å². The fourth-order valence-electron chi connectivity index (χ4n) is 4.88. The number of hydrogen-bond donors (Lipinski definition) is 1. The maximum atomic E-state index is 13.4. The minimum absolute atomic E-state index is 0.162. The van der Waals surface area contributed by atoms with Gasteiger partial charge in [-0.1, -0.05) is 57.4 Å². The maximum absolute atomic E-state index is 13.4. The Kier molecular flexibility index (Phi) is 4.58. The third-order valence-electron chi connectivity index (χ3n) is 6.58. The van der Waals surface area contributed by atoms with Crippen LogP contribution in [0.5, 0.6) is 0 Å². The molecule has 3 aromatic carbocycles. The summed E-state index contributed by atoms with van der Waals surface area (Å²) in [6, 6.07) is 15.9. The second-order valence-electron chi connectivity index (χ2n) is 8.38. The molecule has 0 saturated heterocycles. The van der Waals surface area contributed by atoms with Gasteiger partial charge in [-0.2, -0.15) is 0 Å². The lowest BCUT2D eigenvalue weighted by Gasteiger charge is -2.18. The van der Waals surface area contributed by atoms with Gasteiger partial charge in [0.05, 0.1) is 0 Å². The maximum Gasteiger partial charge on any atom is 0.261 e. The summed E-state index contributed by atoms with van der Waals surface area (Å²) in [5.41, 5.74) is 1.67. The number of aromatic nitrogens is 2. The minimum atomic E-state index is -0.162. The molecule has 4 heteroatoms. The Morgan fingerprint density at radius 3 is 2.23 bits per heavy atom. The first-order chi connectivity index (χ1) is 14.6. The largest absolute Gasteiger partial charge is 0.354 e. The summed E-state index contributed by atoms with van der Waals surface area (Å²) in [7, 11) is 0. The summed E-state index contributed by atoms with van der Waals surface area (Å²) in [6.45, 7) is 4.81. The van der Waals surface area contributed by atoms with E-state index in [1.807, 2.05) is 36.4 Å².